The molecule has 0 amide bonds. The van der Waals surface area contributed by atoms with Crippen LogP contribution in [0.25, 0.3) is 0 Å². The fraction of sp³-hybridized carbons (Fsp3) is 0.500. The average Bonchev–Trinajstić information content (AvgIpc) is 1.65. The number of alkyl halides is 1. The summed E-state index contributed by atoms with van der Waals surface area (Å²) >= 11 is 9.22. The number of halogens is 1. The van der Waals surface area contributed by atoms with Crippen LogP contribution in [0, 0.1) is 0 Å². The zero-order chi connectivity index (χ0) is 4.99. The van der Waals surface area contributed by atoms with Crippen LogP contribution in [-0.4, -0.2) is 11.6 Å². The molecule has 0 N–H and O–H groups in total. The molecule has 0 aliphatic heterocycles. The maximum Gasteiger partial charge on any atom is 0.0438 e. The Morgan fingerprint density at radius 3 is 2.33 bits per heavy atom. The van der Waals surface area contributed by atoms with Gasteiger partial charge in [0.2, 0.25) is 0 Å². The third kappa shape index (κ3) is 2.61. The average molecular weight is 123 g/mol. The maximum atomic E-state index is 5.30. The van der Waals surface area contributed by atoms with Crippen LogP contribution in [0.1, 0.15) is 0 Å². The van der Waals surface area contributed by atoms with Gasteiger partial charge in [-0.25, -0.2) is 0 Å². The lowest BCUT2D eigenvalue weighted by atomic mass is 10.4. The summed E-state index contributed by atoms with van der Waals surface area (Å²) in [6.07, 6.45) is 0. The Kier molecular flexibility index (Phi) is 3.79. The molecule has 0 heterocycles. The van der Waals surface area contributed by atoms with Crippen molar-refractivity contribution in [1.29, 1.82) is 0 Å². The monoisotopic (exact) mass is 122 g/mol. The Balaban J connectivity index is 2.99. The van der Waals surface area contributed by atoms with Gasteiger partial charge in [0.05, 0.1) is 0 Å². The summed E-state index contributed by atoms with van der Waals surface area (Å²) in [5, 5.41) is 0. The highest BCUT2D eigenvalue weighted by Crippen LogP contribution is 1.93. The molecule has 0 radical (unpaired) electrons. The standard InChI is InChI=1S/C4H7ClS/c1-4(2-5)3-6/h6H,1-3H2. The first kappa shape index (κ1) is 6.38. The molecule has 0 fully saturated rings. The molecule has 0 aromatic carbocycles. The van der Waals surface area contributed by atoms with E-state index < -0.39 is 0 Å². The maximum absolute atomic E-state index is 5.30. The van der Waals surface area contributed by atoms with E-state index in [0.717, 1.165) is 5.57 Å². The van der Waals surface area contributed by atoms with Crippen LogP contribution in [0.2, 0.25) is 0 Å². The minimum absolute atomic E-state index is 0.531. The van der Waals surface area contributed by atoms with Crippen LogP contribution in [0.4, 0.5) is 0 Å². The first-order valence-corrected chi connectivity index (χ1v) is 2.81. The van der Waals surface area contributed by atoms with Gasteiger partial charge in [-0.15, -0.1) is 11.6 Å². The van der Waals surface area contributed by atoms with Gasteiger partial charge in [-0.05, 0) is 0 Å². The summed E-state index contributed by atoms with van der Waals surface area (Å²) in [6.45, 7) is 3.58. The highest BCUT2D eigenvalue weighted by molar-refractivity contribution is 7.80. The highest BCUT2D eigenvalue weighted by Gasteiger charge is 1.80. The first-order valence-electron chi connectivity index (χ1n) is 1.64. The predicted molar refractivity (Wildman–Crippen MR) is 33.7 cm³/mol. The molecule has 0 aromatic heterocycles. The van der Waals surface area contributed by atoms with E-state index in [4.69, 9.17) is 11.6 Å². The van der Waals surface area contributed by atoms with Crippen molar-refractivity contribution in [1.82, 2.24) is 0 Å². The summed E-state index contributed by atoms with van der Waals surface area (Å²) in [7, 11) is 0. The Morgan fingerprint density at radius 2 is 2.33 bits per heavy atom. The van der Waals surface area contributed by atoms with E-state index in [1.807, 2.05) is 0 Å². The molecular formula is C4H7ClS. The summed E-state index contributed by atoms with van der Waals surface area (Å²) in [6, 6.07) is 0. The Bertz CT molecular complexity index is 45.5. The van der Waals surface area contributed by atoms with Crippen molar-refractivity contribution in [2.24, 2.45) is 0 Å². The molecule has 0 atom stereocenters. The second-order valence-electron chi connectivity index (χ2n) is 1.04. The molecule has 0 aliphatic rings. The minimum Gasteiger partial charge on any atom is -0.175 e. The summed E-state index contributed by atoms with van der Waals surface area (Å²) in [5.74, 6) is 1.23. The molecule has 0 aromatic rings. The third-order valence-electron chi connectivity index (χ3n) is 0.413. The molecule has 0 aliphatic carbocycles. The van der Waals surface area contributed by atoms with Crippen LogP contribution in [0.15, 0.2) is 12.2 Å². The molecule has 0 spiro atoms. The molecule has 0 rings (SSSR count). The number of rotatable bonds is 2. The van der Waals surface area contributed by atoms with E-state index in [-0.39, 0.29) is 0 Å². The van der Waals surface area contributed by atoms with Crippen molar-refractivity contribution in [3.63, 3.8) is 0 Å². The molecule has 0 bridgehead atoms. The van der Waals surface area contributed by atoms with Crippen LogP contribution < -0.4 is 0 Å². The Morgan fingerprint density at radius 1 is 1.83 bits per heavy atom. The van der Waals surface area contributed by atoms with E-state index >= 15 is 0 Å². The normalized spacial score (nSPS) is 8.33. The van der Waals surface area contributed by atoms with Gasteiger partial charge in [-0.1, -0.05) is 12.2 Å². The largest absolute Gasteiger partial charge is 0.175 e. The van der Waals surface area contributed by atoms with Gasteiger partial charge < -0.3 is 0 Å². The van der Waals surface area contributed by atoms with E-state index in [1.165, 1.54) is 0 Å². The van der Waals surface area contributed by atoms with E-state index in [0.29, 0.717) is 11.6 Å². The van der Waals surface area contributed by atoms with Gasteiger partial charge in [0.1, 0.15) is 0 Å². The molecule has 0 saturated heterocycles. The van der Waals surface area contributed by atoms with Crippen molar-refractivity contribution in [3.8, 4) is 0 Å². The van der Waals surface area contributed by atoms with Crippen molar-refractivity contribution in [2.75, 3.05) is 11.6 Å². The molecule has 2 heteroatoms. The van der Waals surface area contributed by atoms with Crippen LogP contribution >= 0.6 is 24.2 Å². The summed E-state index contributed by atoms with van der Waals surface area (Å²) in [4.78, 5) is 0. The third-order valence-corrected chi connectivity index (χ3v) is 1.24. The van der Waals surface area contributed by atoms with E-state index in [1.54, 1.807) is 0 Å². The van der Waals surface area contributed by atoms with Gasteiger partial charge in [0, 0.05) is 11.6 Å². The second-order valence-corrected chi connectivity index (χ2v) is 1.63. The molecular weight excluding hydrogens is 116 g/mol. The lowest BCUT2D eigenvalue weighted by molar-refractivity contribution is 1.46. The van der Waals surface area contributed by atoms with Crippen molar-refractivity contribution in [3.05, 3.63) is 12.2 Å². The van der Waals surface area contributed by atoms with Crippen LogP contribution in [-0.2, 0) is 0 Å². The Hall–Kier alpha value is 0.380. The lowest BCUT2D eigenvalue weighted by Crippen LogP contribution is -1.79. The van der Waals surface area contributed by atoms with Crippen molar-refractivity contribution in [2.45, 2.75) is 0 Å². The molecule has 0 saturated carbocycles. The van der Waals surface area contributed by atoms with Gasteiger partial charge in [0.15, 0.2) is 0 Å². The van der Waals surface area contributed by atoms with E-state index in [9.17, 15) is 0 Å². The van der Waals surface area contributed by atoms with Gasteiger partial charge in [0.25, 0.3) is 0 Å². The zero-order valence-corrected chi connectivity index (χ0v) is 5.10. The van der Waals surface area contributed by atoms with Crippen molar-refractivity contribution < 1.29 is 0 Å². The van der Waals surface area contributed by atoms with Gasteiger partial charge in [-0.2, -0.15) is 12.6 Å². The Labute approximate surface area is 48.6 Å². The van der Waals surface area contributed by atoms with Crippen LogP contribution in [0.5, 0.6) is 0 Å². The summed E-state index contributed by atoms with van der Waals surface area (Å²) in [5.41, 5.74) is 0.972. The van der Waals surface area contributed by atoms with Gasteiger partial charge in [-0.3, -0.25) is 0 Å². The SMILES string of the molecule is C=C(CS)CCl. The zero-order valence-electron chi connectivity index (χ0n) is 3.45. The minimum atomic E-state index is 0.531. The fourth-order valence-electron chi connectivity index (χ4n) is 0.0423. The fourth-order valence-corrected chi connectivity index (χ4v) is 0.380. The predicted octanol–water partition coefficient (Wildman–Crippen LogP) is 1.71. The number of thiol groups is 1. The quantitative estimate of drug-likeness (QED) is 0.322. The molecule has 36 valence electrons. The smallest absolute Gasteiger partial charge is 0.0438 e. The lowest BCUT2D eigenvalue weighted by Gasteiger charge is -1.86. The van der Waals surface area contributed by atoms with Gasteiger partial charge >= 0.3 is 0 Å². The molecule has 0 nitrogen and oxygen atoms in total. The topological polar surface area (TPSA) is 0 Å². The molecule has 6 heavy (non-hydrogen) atoms. The highest BCUT2D eigenvalue weighted by atomic mass is 35.5. The summed E-state index contributed by atoms with van der Waals surface area (Å²) < 4.78 is 0. The second kappa shape index (κ2) is 3.57. The molecule has 0 unspecified atom stereocenters. The first-order chi connectivity index (χ1) is 2.81. The van der Waals surface area contributed by atoms with Crippen LogP contribution in [0.3, 0.4) is 0 Å². The number of hydrogen-bond donors (Lipinski definition) is 1. The van der Waals surface area contributed by atoms with E-state index in [2.05, 4.69) is 19.2 Å². The van der Waals surface area contributed by atoms with Crippen molar-refractivity contribution >= 4 is 24.2 Å². The number of hydrogen-bond acceptors (Lipinski definition) is 1.